The van der Waals surface area contributed by atoms with E-state index in [2.05, 4.69) is 28.0 Å². The summed E-state index contributed by atoms with van der Waals surface area (Å²) in [6, 6.07) is 0. The van der Waals surface area contributed by atoms with Crippen molar-refractivity contribution in [2.24, 2.45) is 0 Å². The molecule has 2 heterocycles. The highest BCUT2D eigenvalue weighted by molar-refractivity contribution is 5.09. The summed E-state index contributed by atoms with van der Waals surface area (Å²) < 4.78 is 2.35. The lowest BCUT2D eigenvalue weighted by molar-refractivity contribution is 0.551. The third-order valence-electron chi connectivity index (χ3n) is 3.48. The molecule has 3 heteroatoms. The first-order valence-corrected chi connectivity index (χ1v) is 6.62. The van der Waals surface area contributed by atoms with Crippen LogP contribution in [-0.4, -0.2) is 22.6 Å². The molecule has 1 aliphatic rings. The molecule has 16 heavy (non-hydrogen) atoms. The lowest BCUT2D eigenvalue weighted by atomic mass is 10.1. The molecule has 0 saturated carbocycles. The minimum Gasteiger partial charge on any atom is -0.334 e. The molecule has 2 rings (SSSR count). The van der Waals surface area contributed by atoms with Gasteiger partial charge in [0.1, 0.15) is 0 Å². The Kier molecular flexibility index (Phi) is 4.40. The van der Waals surface area contributed by atoms with Crippen molar-refractivity contribution in [3.05, 3.63) is 18.2 Å². The van der Waals surface area contributed by atoms with Gasteiger partial charge in [-0.05, 0) is 19.4 Å². The van der Waals surface area contributed by atoms with Gasteiger partial charge >= 0.3 is 0 Å². The summed E-state index contributed by atoms with van der Waals surface area (Å²) in [5, 5.41) is 3.42. The Labute approximate surface area is 98.3 Å². The van der Waals surface area contributed by atoms with Crippen molar-refractivity contribution in [1.82, 2.24) is 14.9 Å². The van der Waals surface area contributed by atoms with Crippen molar-refractivity contribution >= 4 is 0 Å². The van der Waals surface area contributed by atoms with Crippen molar-refractivity contribution in [3.8, 4) is 0 Å². The summed E-state index contributed by atoms with van der Waals surface area (Å²) in [6.07, 6.45) is 10.6. The Morgan fingerprint density at radius 3 is 3.12 bits per heavy atom. The molecule has 0 radical (unpaired) electrons. The van der Waals surface area contributed by atoms with Crippen LogP contribution in [0.25, 0.3) is 0 Å². The molecular formula is C13H23N3. The maximum Gasteiger partial charge on any atom is 0.0948 e. The van der Waals surface area contributed by atoms with Crippen molar-refractivity contribution in [2.45, 2.75) is 51.5 Å². The van der Waals surface area contributed by atoms with Crippen molar-refractivity contribution in [2.75, 3.05) is 13.1 Å². The molecule has 1 N–H and O–H groups in total. The maximum atomic E-state index is 4.30. The van der Waals surface area contributed by atoms with E-state index in [1.54, 1.807) is 0 Å². The fraction of sp³-hybridized carbons (Fsp3) is 0.769. The molecule has 1 saturated heterocycles. The molecule has 1 unspecified atom stereocenters. The Balaban J connectivity index is 1.86. The Bertz CT molecular complexity index is 300. The fourth-order valence-corrected chi connectivity index (χ4v) is 2.47. The molecule has 0 aliphatic carbocycles. The molecule has 1 atom stereocenters. The number of nitrogens with zero attached hydrogens (tertiary/aromatic N) is 2. The zero-order valence-electron chi connectivity index (χ0n) is 10.3. The van der Waals surface area contributed by atoms with Gasteiger partial charge in [-0.1, -0.05) is 26.2 Å². The average Bonchev–Trinajstić information content (AvgIpc) is 2.94. The molecule has 1 aromatic heterocycles. The van der Waals surface area contributed by atoms with Crippen LogP contribution in [0.15, 0.2) is 12.5 Å². The molecule has 0 spiro atoms. The lowest BCUT2D eigenvalue weighted by Gasteiger charge is -2.12. The van der Waals surface area contributed by atoms with Gasteiger partial charge in [-0.15, -0.1) is 0 Å². The highest BCUT2D eigenvalue weighted by Crippen LogP contribution is 2.22. The number of aryl methyl sites for hydroxylation is 1. The van der Waals surface area contributed by atoms with Crippen LogP contribution < -0.4 is 5.32 Å². The summed E-state index contributed by atoms with van der Waals surface area (Å²) in [7, 11) is 0. The van der Waals surface area contributed by atoms with Crippen LogP contribution >= 0.6 is 0 Å². The van der Waals surface area contributed by atoms with Crippen LogP contribution in [0.3, 0.4) is 0 Å². The van der Waals surface area contributed by atoms with E-state index < -0.39 is 0 Å². The van der Waals surface area contributed by atoms with Gasteiger partial charge in [0.2, 0.25) is 0 Å². The quantitative estimate of drug-likeness (QED) is 0.748. The largest absolute Gasteiger partial charge is 0.334 e. The molecule has 3 nitrogen and oxygen atoms in total. The van der Waals surface area contributed by atoms with Gasteiger partial charge in [0.15, 0.2) is 0 Å². The van der Waals surface area contributed by atoms with Gasteiger partial charge in [-0.25, -0.2) is 4.98 Å². The number of unbranched alkanes of at least 4 members (excludes halogenated alkanes) is 3. The van der Waals surface area contributed by atoms with Crippen LogP contribution in [0.2, 0.25) is 0 Å². The molecule has 90 valence electrons. The van der Waals surface area contributed by atoms with Gasteiger partial charge in [-0.2, -0.15) is 0 Å². The van der Waals surface area contributed by atoms with Crippen LogP contribution in [0.4, 0.5) is 0 Å². The first kappa shape index (κ1) is 11.6. The van der Waals surface area contributed by atoms with E-state index in [1.807, 2.05) is 6.33 Å². The minimum atomic E-state index is 0.689. The Hall–Kier alpha value is -0.830. The van der Waals surface area contributed by atoms with Crippen LogP contribution in [-0.2, 0) is 6.54 Å². The average molecular weight is 221 g/mol. The lowest BCUT2D eigenvalue weighted by Crippen LogP contribution is -2.11. The highest BCUT2D eigenvalue weighted by Gasteiger charge is 2.19. The number of imidazole rings is 1. The van der Waals surface area contributed by atoms with E-state index >= 15 is 0 Å². The summed E-state index contributed by atoms with van der Waals surface area (Å²) >= 11 is 0. The van der Waals surface area contributed by atoms with E-state index in [4.69, 9.17) is 0 Å². The predicted molar refractivity (Wildman–Crippen MR) is 66.6 cm³/mol. The van der Waals surface area contributed by atoms with Crippen LogP contribution in [0.1, 0.15) is 50.6 Å². The summed E-state index contributed by atoms with van der Waals surface area (Å²) in [5.41, 5.74) is 1.43. The number of rotatable bonds is 6. The molecular weight excluding hydrogens is 198 g/mol. The summed E-state index contributed by atoms with van der Waals surface area (Å²) in [6.45, 7) is 5.69. The zero-order valence-corrected chi connectivity index (χ0v) is 10.3. The minimum absolute atomic E-state index is 0.689. The molecule has 0 aromatic carbocycles. The number of nitrogens with one attached hydrogen (secondary N) is 1. The maximum absolute atomic E-state index is 4.30. The smallest absolute Gasteiger partial charge is 0.0948 e. The standard InChI is InChI=1S/C13H23N3/c1-2-3-4-5-8-16-11-15-10-13(16)12-6-7-14-9-12/h10-12,14H,2-9H2,1H3. The van der Waals surface area contributed by atoms with Crippen LogP contribution in [0, 0.1) is 0 Å². The van der Waals surface area contributed by atoms with Crippen LogP contribution in [0.5, 0.6) is 0 Å². The Morgan fingerprint density at radius 1 is 1.44 bits per heavy atom. The first-order chi connectivity index (χ1) is 7.92. The molecule has 1 fully saturated rings. The van der Waals surface area contributed by atoms with Crippen molar-refractivity contribution in [3.63, 3.8) is 0 Å². The van der Waals surface area contributed by atoms with E-state index in [0.717, 1.165) is 19.6 Å². The van der Waals surface area contributed by atoms with E-state index in [0.29, 0.717) is 5.92 Å². The number of hydrogen-bond donors (Lipinski definition) is 1. The number of aromatic nitrogens is 2. The van der Waals surface area contributed by atoms with Gasteiger partial charge in [0.05, 0.1) is 6.33 Å². The molecule has 1 aromatic rings. The zero-order chi connectivity index (χ0) is 11.2. The summed E-state index contributed by atoms with van der Waals surface area (Å²) in [5.74, 6) is 0.689. The Morgan fingerprint density at radius 2 is 2.38 bits per heavy atom. The SMILES string of the molecule is CCCCCCn1cncc1C1CCNC1. The molecule has 0 bridgehead atoms. The van der Waals surface area contributed by atoms with Gasteiger partial charge in [0.25, 0.3) is 0 Å². The summed E-state index contributed by atoms with van der Waals surface area (Å²) in [4.78, 5) is 4.30. The predicted octanol–water partition coefficient (Wildman–Crippen LogP) is 2.54. The van der Waals surface area contributed by atoms with E-state index in [1.165, 1.54) is 37.8 Å². The van der Waals surface area contributed by atoms with E-state index in [-0.39, 0.29) is 0 Å². The third kappa shape index (κ3) is 2.85. The normalized spacial score (nSPS) is 20.4. The van der Waals surface area contributed by atoms with Crippen molar-refractivity contribution in [1.29, 1.82) is 0 Å². The highest BCUT2D eigenvalue weighted by atomic mass is 15.1. The first-order valence-electron chi connectivity index (χ1n) is 6.62. The molecule has 1 aliphatic heterocycles. The van der Waals surface area contributed by atoms with Gasteiger partial charge in [-0.3, -0.25) is 0 Å². The van der Waals surface area contributed by atoms with E-state index in [9.17, 15) is 0 Å². The topological polar surface area (TPSA) is 29.9 Å². The monoisotopic (exact) mass is 221 g/mol. The fourth-order valence-electron chi connectivity index (χ4n) is 2.47. The number of hydrogen-bond acceptors (Lipinski definition) is 2. The van der Waals surface area contributed by atoms with Crippen molar-refractivity contribution < 1.29 is 0 Å². The second kappa shape index (κ2) is 6.04. The van der Waals surface area contributed by atoms with Gasteiger partial charge < -0.3 is 9.88 Å². The third-order valence-corrected chi connectivity index (χ3v) is 3.48. The second-order valence-electron chi connectivity index (χ2n) is 4.76. The second-order valence-corrected chi connectivity index (χ2v) is 4.76. The van der Waals surface area contributed by atoms with Gasteiger partial charge in [0, 0.05) is 30.9 Å². The molecule has 0 amide bonds.